The molecule has 0 spiro atoms. The highest BCUT2D eigenvalue weighted by Crippen LogP contribution is 2.28. The molecule has 1 atom stereocenters. The van der Waals surface area contributed by atoms with E-state index in [9.17, 15) is 9.59 Å². The Kier molecular flexibility index (Phi) is 8.39. The predicted octanol–water partition coefficient (Wildman–Crippen LogP) is 7.50. The van der Waals surface area contributed by atoms with Crippen LogP contribution in [-0.2, 0) is 22.6 Å². The maximum Gasteiger partial charge on any atom is 0.328 e. The molecule has 1 heterocycles. The van der Waals surface area contributed by atoms with E-state index in [-0.39, 0.29) is 12.2 Å². The Labute approximate surface area is 241 Å². The number of hydrogen-bond acceptors (Lipinski definition) is 5. The Morgan fingerprint density at radius 1 is 0.800 bits per heavy atom. The normalized spacial score (nSPS) is 11.7. The Bertz CT molecular complexity index is 1630. The molecule has 1 N–H and O–H groups in total. The van der Waals surface area contributed by atoms with Gasteiger partial charge in [0.25, 0.3) is 5.91 Å². The SMILES string of the molecule is COC(=O)[C@H](Cc1ccc(OCc2ccc(Cl)cc2)cc1)NC(=O)c1cc2ccc(-c3ccc(Cl)cc3)cc2o1. The summed E-state index contributed by atoms with van der Waals surface area (Å²) in [6, 6.07) is 28.7. The van der Waals surface area contributed by atoms with Crippen LogP contribution in [0.15, 0.2) is 101 Å². The van der Waals surface area contributed by atoms with E-state index in [0.29, 0.717) is 28.0 Å². The molecule has 202 valence electrons. The third-order valence-corrected chi connectivity index (χ3v) is 6.90. The number of nitrogens with one attached hydrogen (secondary N) is 1. The molecule has 5 aromatic rings. The molecule has 8 heteroatoms. The highest BCUT2D eigenvalue weighted by molar-refractivity contribution is 6.30. The Morgan fingerprint density at radius 3 is 2.10 bits per heavy atom. The van der Waals surface area contributed by atoms with Gasteiger partial charge in [-0.3, -0.25) is 4.79 Å². The molecule has 40 heavy (non-hydrogen) atoms. The van der Waals surface area contributed by atoms with Gasteiger partial charge in [0.2, 0.25) is 0 Å². The van der Waals surface area contributed by atoms with Crippen molar-refractivity contribution in [1.82, 2.24) is 5.32 Å². The van der Waals surface area contributed by atoms with Crippen LogP contribution in [0.3, 0.4) is 0 Å². The first-order valence-corrected chi connectivity index (χ1v) is 13.3. The second kappa shape index (κ2) is 12.3. The fraction of sp³-hybridized carbons (Fsp3) is 0.125. The van der Waals surface area contributed by atoms with Gasteiger partial charge >= 0.3 is 5.97 Å². The van der Waals surface area contributed by atoms with Gasteiger partial charge in [-0.1, -0.05) is 71.7 Å². The van der Waals surface area contributed by atoms with E-state index in [1.54, 1.807) is 6.07 Å². The van der Waals surface area contributed by atoms with Gasteiger partial charge < -0.3 is 19.2 Å². The number of hydrogen-bond donors (Lipinski definition) is 1. The first-order valence-electron chi connectivity index (χ1n) is 12.5. The molecule has 1 aromatic heterocycles. The van der Waals surface area contributed by atoms with E-state index in [4.69, 9.17) is 37.1 Å². The maximum absolute atomic E-state index is 13.1. The third kappa shape index (κ3) is 6.65. The molecule has 4 aromatic carbocycles. The predicted molar refractivity (Wildman–Crippen MR) is 156 cm³/mol. The van der Waals surface area contributed by atoms with E-state index < -0.39 is 17.9 Å². The molecule has 0 aliphatic carbocycles. The first kappa shape index (κ1) is 27.3. The fourth-order valence-corrected chi connectivity index (χ4v) is 4.49. The van der Waals surface area contributed by atoms with Gasteiger partial charge in [-0.05, 0) is 70.8 Å². The number of ether oxygens (including phenoxy) is 2. The minimum absolute atomic E-state index is 0.100. The van der Waals surface area contributed by atoms with E-state index in [2.05, 4.69) is 5.32 Å². The van der Waals surface area contributed by atoms with E-state index in [0.717, 1.165) is 27.6 Å². The molecule has 6 nitrogen and oxygen atoms in total. The van der Waals surface area contributed by atoms with Crippen LogP contribution in [0, 0.1) is 0 Å². The van der Waals surface area contributed by atoms with Crippen molar-refractivity contribution in [2.45, 2.75) is 19.1 Å². The highest BCUT2D eigenvalue weighted by atomic mass is 35.5. The summed E-state index contributed by atoms with van der Waals surface area (Å²) < 4.78 is 16.6. The Hall–Kier alpha value is -4.26. The standard InChI is InChI=1S/C32H25Cl2NO5/c1-38-32(37)28(16-20-4-14-27(15-5-20)39-19-21-2-10-25(33)11-3-21)35-31(36)30-18-24-7-6-23(17-29(24)40-30)22-8-12-26(34)13-9-22/h2-15,17-18,28H,16,19H2,1H3,(H,35,36)/t28-/m0/s1. The summed E-state index contributed by atoms with van der Waals surface area (Å²) in [6.45, 7) is 0.399. The van der Waals surface area contributed by atoms with Crippen molar-refractivity contribution < 1.29 is 23.5 Å². The van der Waals surface area contributed by atoms with Crippen molar-refractivity contribution in [3.05, 3.63) is 124 Å². The lowest BCUT2D eigenvalue weighted by molar-refractivity contribution is -0.142. The van der Waals surface area contributed by atoms with Crippen LogP contribution in [0.5, 0.6) is 5.75 Å². The molecule has 5 rings (SSSR count). The molecule has 0 unspecified atom stereocenters. The summed E-state index contributed by atoms with van der Waals surface area (Å²) in [5, 5.41) is 4.84. The molecule has 0 bridgehead atoms. The smallest absolute Gasteiger partial charge is 0.328 e. The van der Waals surface area contributed by atoms with Crippen LogP contribution >= 0.6 is 23.2 Å². The van der Waals surface area contributed by atoms with Crippen molar-refractivity contribution in [3.63, 3.8) is 0 Å². The molecule has 0 saturated carbocycles. The minimum Gasteiger partial charge on any atom is -0.489 e. The number of methoxy groups -OCH3 is 1. The topological polar surface area (TPSA) is 77.8 Å². The number of benzene rings is 4. The quantitative estimate of drug-likeness (QED) is 0.185. The molecule has 0 saturated heterocycles. The van der Waals surface area contributed by atoms with Gasteiger partial charge in [0.15, 0.2) is 5.76 Å². The second-order valence-electron chi connectivity index (χ2n) is 9.18. The van der Waals surface area contributed by atoms with Crippen LogP contribution in [0.2, 0.25) is 10.0 Å². The van der Waals surface area contributed by atoms with Crippen molar-refractivity contribution >= 4 is 46.0 Å². The molecule has 1 amide bonds. The van der Waals surface area contributed by atoms with Crippen LogP contribution in [-0.4, -0.2) is 25.0 Å². The molecule has 0 fully saturated rings. The van der Waals surface area contributed by atoms with Crippen molar-refractivity contribution in [3.8, 4) is 16.9 Å². The number of amides is 1. The van der Waals surface area contributed by atoms with E-state index >= 15 is 0 Å². The van der Waals surface area contributed by atoms with Crippen molar-refractivity contribution in [2.75, 3.05) is 7.11 Å². The molecule has 0 aliphatic rings. The second-order valence-corrected chi connectivity index (χ2v) is 10.1. The average Bonchev–Trinajstić information content (AvgIpc) is 3.41. The van der Waals surface area contributed by atoms with Gasteiger partial charge in [0, 0.05) is 21.9 Å². The maximum atomic E-state index is 13.1. The van der Waals surface area contributed by atoms with Gasteiger partial charge in [0.05, 0.1) is 7.11 Å². The zero-order chi connectivity index (χ0) is 28.1. The van der Waals surface area contributed by atoms with Crippen LogP contribution in [0.1, 0.15) is 21.7 Å². The van der Waals surface area contributed by atoms with Gasteiger partial charge in [-0.15, -0.1) is 0 Å². The van der Waals surface area contributed by atoms with Crippen LogP contribution in [0.4, 0.5) is 0 Å². The molecular formula is C32H25Cl2NO5. The summed E-state index contributed by atoms with van der Waals surface area (Å²) in [6.07, 6.45) is 0.233. The number of carbonyl (C=O) groups is 2. The Balaban J connectivity index is 1.25. The number of halogens is 2. The first-order chi connectivity index (χ1) is 19.4. The number of carbonyl (C=O) groups excluding carboxylic acids is 2. The van der Waals surface area contributed by atoms with Crippen molar-refractivity contribution in [1.29, 1.82) is 0 Å². The largest absolute Gasteiger partial charge is 0.489 e. The number of furan rings is 1. The lowest BCUT2D eigenvalue weighted by Gasteiger charge is -2.16. The number of rotatable bonds is 9. The lowest BCUT2D eigenvalue weighted by atomic mass is 10.0. The lowest BCUT2D eigenvalue weighted by Crippen LogP contribution is -2.42. The van der Waals surface area contributed by atoms with Crippen LogP contribution < -0.4 is 10.1 Å². The van der Waals surface area contributed by atoms with E-state index in [1.165, 1.54) is 7.11 Å². The van der Waals surface area contributed by atoms with Crippen LogP contribution in [0.25, 0.3) is 22.1 Å². The monoisotopic (exact) mass is 573 g/mol. The van der Waals surface area contributed by atoms with Gasteiger partial charge in [0.1, 0.15) is 24.0 Å². The zero-order valence-electron chi connectivity index (χ0n) is 21.5. The minimum atomic E-state index is -0.906. The third-order valence-electron chi connectivity index (χ3n) is 6.39. The average molecular weight is 574 g/mol. The summed E-state index contributed by atoms with van der Waals surface area (Å²) >= 11 is 11.9. The summed E-state index contributed by atoms with van der Waals surface area (Å²) in [5.41, 5.74) is 4.28. The number of fused-ring (bicyclic) bond motifs is 1. The summed E-state index contributed by atoms with van der Waals surface area (Å²) in [5.74, 6) is -0.291. The fourth-order valence-electron chi connectivity index (χ4n) is 4.23. The van der Waals surface area contributed by atoms with Gasteiger partial charge in [-0.25, -0.2) is 4.79 Å². The summed E-state index contributed by atoms with van der Waals surface area (Å²) in [7, 11) is 1.29. The van der Waals surface area contributed by atoms with E-state index in [1.807, 2.05) is 91.0 Å². The molecule has 0 aliphatic heterocycles. The highest BCUT2D eigenvalue weighted by Gasteiger charge is 2.24. The zero-order valence-corrected chi connectivity index (χ0v) is 23.0. The van der Waals surface area contributed by atoms with Gasteiger partial charge in [-0.2, -0.15) is 0 Å². The summed E-state index contributed by atoms with van der Waals surface area (Å²) in [4.78, 5) is 25.6. The van der Waals surface area contributed by atoms with Crippen molar-refractivity contribution in [2.24, 2.45) is 0 Å². The molecule has 0 radical (unpaired) electrons. The number of esters is 1. The molecular weight excluding hydrogens is 549 g/mol. The Morgan fingerprint density at radius 2 is 1.43 bits per heavy atom.